The summed E-state index contributed by atoms with van der Waals surface area (Å²) in [6.07, 6.45) is 3.48. The molecule has 0 unspecified atom stereocenters. The lowest BCUT2D eigenvalue weighted by molar-refractivity contribution is 0.145. The third-order valence-corrected chi connectivity index (χ3v) is 4.05. The molecule has 0 bridgehead atoms. The van der Waals surface area contributed by atoms with Crippen LogP contribution >= 0.6 is 11.3 Å². The third kappa shape index (κ3) is 1.82. The van der Waals surface area contributed by atoms with Crippen LogP contribution in [0.1, 0.15) is 18.5 Å². The smallest absolute Gasteiger partial charge is 0.195 e. The van der Waals surface area contributed by atoms with E-state index in [0.717, 1.165) is 42.4 Å². The molecular formula is C11H16N4OS. The maximum atomic E-state index is 9.53. The highest BCUT2D eigenvalue weighted by Gasteiger charge is 2.22. The Kier molecular flexibility index (Phi) is 2.78. The van der Waals surface area contributed by atoms with E-state index in [1.807, 2.05) is 11.6 Å². The number of rotatable bonds is 2. The molecule has 0 amide bonds. The molecule has 0 aliphatic carbocycles. The van der Waals surface area contributed by atoms with E-state index in [2.05, 4.69) is 14.3 Å². The van der Waals surface area contributed by atoms with Gasteiger partial charge in [0.2, 0.25) is 0 Å². The lowest BCUT2D eigenvalue weighted by Gasteiger charge is -2.30. The molecule has 92 valence electrons. The number of fused-ring (bicyclic) bond motifs is 1. The van der Waals surface area contributed by atoms with Crippen molar-refractivity contribution in [1.82, 2.24) is 9.38 Å². The number of nitrogens with two attached hydrogens (primary N) is 1. The van der Waals surface area contributed by atoms with E-state index in [-0.39, 0.29) is 6.10 Å². The van der Waals surface area contributed by atoms with E-state index in [4.69, 9.17) is 5.73 Å². The van der Waals surface area contributed by atoms with Crippen molar-refractivity contribution in [2.24, 2.45) is 5.73 Å². The van der Waals surface area contributed by atoms with Crippen LogP contribution in [0.15, 0.2) is 11.6 Å². The number of thiazole rings is 1. The number of aliphatic hydroxyl groups is 1. The molecule has 1 aliphatic heterocycles. The Morgan fingerprint density at radius 2 is 2.24 bits per heavy atom. The van der Waals surface area contributed by atoms with Crippen LogP contribution < -0.4 is 10.6 Å². The molecule has 2 aromatic heterocycles. The van der Waals surface area contributed by atoms with Crippen molar-refractivity contribution in [3.05, 3.63) is 17.3 Å². The minimum absolute atomic E-state index is 0.156. The Bertz CT molecular complexity index is 512. The zero-order chi connectivity index (χ0) is 11.8. The zero-order valence-corrected chi connectivity index (χ0v) is 10.4. The van der Waals surface area contributed by atoms with Gasteiger partial charge in [-0.2, -0.15) is 0 Å². The zero-order valence-electron chi connectivity index (χ0n) is 9.54. The first-order chi connectivity index (χ1) is 8.29. The molecule has 0 atom stereocenters. The Morgan fingerprint density at radius 1 is 1.47 bits per heavy atom. The van der Waals surface area contributed by atoms with Crippen LogP contribution in [0, 0.1) is 0 Å². The highest BCUT2D eigenvalue weighted by molar-refractivity contribution is 7.15. The molecule has 3 N–H and O–H groups in total. The minimum atomic E-state index is -0.156. The highest BCUT2D eigenvalue weighted by Crippen LogP contribution is 2.26. The summed E-state index contributed by atoms with van der Waals surface area (Å²) >= 11 is 1.62. The predicted octanol–water partition coefficient (Wildman–Crippen LogP) is 0.816. The first kappa shape index (κ1) is 11.0. The number of aromatic nitrogens is 2. The van der Waals surface area contributed by atoms with Gasteiger partial charge in [-0.25, -0.2) is 4.98 Å². The third-order valence-electron chi connectivity index (χ3n) is 3.30. The molecule has 0 aromatic carbocycles. The Morgan fingerprint density at radius 3 is 2.94 bits per heavy atom. The summed E-state index contributed by atoms with van der Waals surface area (Å²) in [5, 5.41) is 11.5. The Labute approximate surface area is 103 Å². The number of hydrogen-bond acceptors (Lipinski definition) is 5. The summed E-state index contributed by atoms with van der Waals surface area (Å²) in [4.78, 5) is 7.86. The predicted molar refractivity (Wildman–Crippen MR) is 68.4 cm³/mol. The van der Waals surface area contributed by atoms with Gasteiger partial charge in [0.05, 0.1) is 11.8 Å². The number of nitrogens with zero attached hydrogens (tertiary/aromatic N) is 3. The first-order valence-corrected chi connectivity index (χ1v) is 6.75. The minimum Gasteiger partial charge on any atom is -0.393 e. The van der Waals surface area contributed by atoms with Crippen LogP contribution in [0.4, 0.5) is 5.82 Å². The Balaban J connectivity index is 1.96. The average Bonchev–Trinajstić information content (AvgIpc) is 2.89. The molecule has 17 heavy (non-hydrogen) atoms. The molecule has 0 radical (unpaired) electrons. The van der Waals surface area contributed by atoms with Crippen LogP contribution in [0.5, 0.6) is 0 Å². The van der Waals surface area contributed by atoms with Crippen molar-refractivity contribution in [3.63, 3.8) is 0 Å². The number of anilines is 1. The summed E-state index contributed by atoms with van der Waals surface area (Å²) in [7, 11) is 0. The fourth-order valence-corrected chi connectivity index (χ4v) is 3.07. The largest absolute Gasteiger partial charge is 0.393 e. The average molecular weight is 252 g/mol. The summed E-state index contributed by atoms with van der Waals surface area (Å²) in [5.74, 6) is 0.992. The number of aliphatic hydroxyl groups excluding tert-OH is 1. The van der Waals surface area contributed by atoms with Crippen molar-refractivity contribution in [2.45, 2.75) is 25.5 Å². The summed E-state index contributed by atoms with van der Waals surface area (Å²) in [6, 6.07) is 0. The van der Waals surface area contributed by atoms with Gasteiger partial charge >= 0.3 is 0 Å². The molecule has 0 saturated carbocycles. The normalized spacial score (nSPS) is 18.1. The first-order valence-electron chi connectivity index (χ1n) is 5.87. The lowest BCUT2D eigenvalue weighted by Crippen LogP contribution is -2.36. The molecule has 3 rings (SSSR count). The second-order valence-corrected chi connectivity index (χ2v) is 5.23. The standard InChI is InChI=1S/C11H16N4OS/c12-7-9-10(13-11-15(9)5-6-17-11)14-3-1-8(16)2-4-14/h5-6,8,16H,1-4,7,12H2. The molecule has 1 saturated heterocycles. The molecular weight excluding hydrogens is 236 g/mol. The van der Waals surface area contributed by atoms with Crippen LogP contribution in [0.2, 0.25) is 0 Å². The van der Waals surface area contributed by atoms with Gasteiger partial charge in [-0.1, -0.05) is 0 Å². The fourth-order valence-electron chi connectivity index (χ4n) is 2.34. The van der Waals surface area contributed by atoms with Gasteiger partial charge in [0.1, 0.15) is 0 Å². The Hall–Kier alpha value is -1.11. The number of piperidine rings is 1. The van der Waals surface area contributed by atoms with E-state index in [9.17, 15) is 5.11 Å². The topological polar surface area (TPSA) is 66.8 Å². The number of imidazole rings is 1. The van der Waals surface area contributed by atoms with Gasteiger partial charge in [0.15, 0.2) is 10.8 Å². The SMILES string of the molecule is NCc1c(N2CCC(O)CC2)nc2sccn12. The second-order valence-electron chi connectivity index (χ2n) is 4.36. The van der Waals surface area contributed by atoms with Gasteiger partial charge in [0.25, 0.3) is 0 Å². The summed E-state index contributed by atoms with van der Waals surface area (Å²) < 4.78 is 2.06. The van der Waals surface area contributed by atoms with Crippen molar-refractivity contribution >= 4 is 22.1 Å². The molecule has 2 aromatic rings. The van der Waals surface area contributed by atoms with E-state index < -0.39 is 0 Å². The van der Waals surface area contributed by atoms with Crippen molar-refractivity contribution < 1.29 is 5.11 Å². The van der Waals surface area contributed by atoms with Crippen molar-refractivity contribution in [2.75, 3.05) is 18.0 Å². The quantitative estimate of drug-likeness (QED) is 0.830. The molecule has 5 nitrogen and oxygen atoms in total. The lowest BCUT2D eigenvalue weighted by atomic mass is 10.1. The van der Waals surface area contributed by atoms with Gasteiger partial charge in [-0.3, -0.25) is 4.40 Å². The summed E-state index contributed by atoms with van der Waals surface area (Å²) in [5.41, 5.74) is 6.89. The van der Waals surface area contributed by atoms with E-state index >= 15 is 0 Å². The fraction of sp³-hybridized carbons (Fsp3) is 0.545. The molecule has 1 fully saturated rings. The summed E-state index contributed by atoms with van der Waals surface area (Å²) in [6.45, 7) is 2.21. The van der Waals surface area contributed by atoms with E-state index in [1.54, 1.807) is 11.3 Å². The van der Waals surface area contributed by atoms with Crippen LogP contribution in [-0.4, -0.2) is 33.7 Å². The number of hydrogen-bond donors (Lipinski definition) is 2. The van der Waals surface area contributed by atoms with Gasteiger partial charge in [-0.15, -0.1) is 11.3 Å². The highest BCUT2D eigenvalue weighted by atomic mass is 32.1. The van der Waals surface area contributed by atoms with Crippen molar-refractivity contribution in [3.8, 4) is 0 Å². The molecule has 3 heterocycles. The van der Waals surface area contributed by atoms with E-state index in [0.29, 0.717) is 6.54 Å². The van der Waals surface area contributed by atoms with Gasteiger partial charge < -0.3 is 15.7 Å². The maximum Gasteiger partial charge on any atom is 0.195 e. The molecule has 0 spiro atoms. The van der Waals surface area contributed by atoms with Gasteiger partial charge in [-0.05, 0) is 12.8 Å². The maximum absolute atomic E-state index is 9.53. The van der Waals surface area contributed by atoms with Gasteiger partial charge in [0, 0.05) is 31.2 Å². The molecule has 1 aliphatic rings. The van der Waals surface area contributed by atoms with E-state index in [1.165, 1.54) is 0 Å². The van der Waals surface area contributed by atoms with Crippen LogP contribution in [0.3, 0.4) is 0 Å². The van der Waals surface area contributed by atoms with Crippen molar-refractivity contribution in [1.29, 1.82) is 0 Å². The van der Waals surface area contributed by atoms with Crippen LogP contribution in [0.25, 0.3) is 4.96 Å². The molecule has 6 heteroatoms. The second kappa shape index (κ2) is 4.29. The van der Waals surface area contributed by atoms with Crippen LogP contribution in [-0.2, 0) is 6.54 Å². The monoisotopic (exact) mass is 252 g/mol.